The first-order valence-electron chi connectivity index (χ1n) is 7.54. The molecule has 0 aliphatic carbocycles. The quantitative estimate of drug-likeness (QED) is 0.645. The summed E-state index contributed by atoms with van der Waals surface area (Å²) < 4.78 is 11.2. The number of benzene rings is 2. The van der Waals surface area contributed by atoms with Crippen molar-refractivity contribution in [2.75, 3.05) is 0 Å². The van der Waals surface area contributed by atoms with Crippen molar-refractivity contribution in [3.8, 4) is 17.1 Å². The molecule has 24 heavy (non-hydrogen) atoms. The molecule has 5 heteroatoms. The lowest BCUT2D eigenvalue weighted by atomic mass is 10.1. The molecule has 1 heterocycles. The van der Waals surface area contributed by atoms with Crippen LogP contribution in [0.4, 0.5) is 0 Å². The van der Waals surface area contributed by atoms with E-state index < -0.39 is 11.4 Å². The van der Waals surface area contributed by atoms with Gasteiger partial charge in [0, 0.05) is 12.0 Å². The average Bonchev–Trinajstić information content (AvgIpc) is 2.57. The van der Waals surface area contributed by atoms with E-state index in [4.69, 9.17) is 20.8 Å². The fourth-order valence-corrected chi connectivity index (χ4v) is 2.61. The van der Waals surface area contributed by atoms with Gasteiger partial charge in [-0.1, -0.05) is 36.7 Å². The monoisotopic (exact) mass is 342 g/mol. The molecule has 0 fully saturated rings. The number of rotatable bonds is 3. The smallest absolute Gasteiger partial charge is 0.311 e. The second-order valence-electron chi connectivity index (χ2n) is 5.40. The highest BCUT2D eigenvalue weighted by atomic mass is 35.5. The topological polar surface area (TPSA) is 56.5 Å². The molecule has 122 valence electrons. The molecule has 3 aromatic rings. The summed E-state index contributed by atoms with van der Waals surface area (Å²) >= 11 is 6.23. The van der Waals surface area contributed by atoms with Crippen LogP contribution in [0.25, 0.3) is 22.3 Å². The van der Waals surface area contributed by atoms with Gasteiger partial charge in [0.15, 0.2) is 5.76 Å². The van der Waals surface area contributed by atoms with Crippen molar-refractivity contribution in [1.29, 1.82) is 0 Å². The van der Waals surface area contributed by atoms with Crippen LogP contribution in [0.2, 0.25) is 5.02 Å². The second kappa shape index (κ2) is 6.49. The molecular weight excluding hydrogens is 328 g/mol. The summed E-state index contributed by atoms with van der Waals surface area (Å²) in [5.74, 6) is -0.487. The normalized spacial score (nSPS) is 10.8. The maximum absolute atomic E-state index is 12.8. The highest BCUT2D eigenvalue weighted by Crippen LogP contribution is 2.35. The number of carbonyl (C=O) groups excluding carboxylic acids is 1. The van der Waals surface area contributed by atoms with Crippen LogP contribution in [0, 0.1) is 6.92 Å². The van der Waals surface area contributed by atoms with Gasteiger partial charge in [-0.15, -0.1) is 0 Å². The standard InChI is InChI=1S/C19H15ClO4/c1-3-16(21)24-19-17(22)13-9-8-11(2)10-15(13)23-18(19)12-6-4-5-7-14(12)20/h4-10H,3H2,1-2H3. The molecule has 0 saturated carbocycles. The van der Waals surface area contributed by atoms with Gasteiger partial charge in [-0.2, -0.15) is 0 Å². The lowest BCUT2D eigenvalue weighted by molar-refractivity contribution is -0.134. The second-order valence-corrected chi connectivity index (χ2v) is 5.80. The van der Waals surface area contributed by atoms with E-state index in [-0.39, 0.29) is 17.9 Å². The van der Waals surface area contributed by atoms with E-state index in [0.29, 0.717) is 21.6 Å². The van der Waals surface area contributed by atoms with Crippen molar-refractivity contribution in [2.24, 2.45) is 0 Å². The Hall–Kier alpha value is -2.59. The number of esters is 1. The minimum Gasteiger partial charge on any atom is -0.452 e. The minimum absolute atomic E-state index is 0.133. The van der Waals surface area contributed by atoms with E-state index in [9.17, 15) is 9.59 Å². The summed E-state index contributed by atoms with van der Waals surface area (Å²) in [5.41, 5.74) is 1.48. The van der Waals surface area contributed by atoms with Crippen LogP contribution in [0.15, 0.2) is 51.7 Å². The fourth-order valence-electron chi connectivity index (χ4n) is 2.38. The van der Waals surface area contributed by atoms with Crippen molar-refractivity contribution >= 4 is 28.5 Å². The molecule has 1 aromatic heterocycles. The summed E-state index contributed by atoms with van der Waals surface area (Å²) in [6.07, 6.45) is 0.146. The number of hydrogen-bond acceptors (Lipinski definition) is 4. The Morgan fingerprint density at radius 1 is 1.21 bits per heavy atom. The summed E-state index contributed by atoms with van der Waals surface area (Å²) in [5, 5.41) is 0.761. The zero-order valence-corrected chi connectivity index (χ0v) is 14.0. The van der Waals surface area contributed by atoms with Crippen molar-refractivity contribution < 1.29 is 13.9 Å². The van der Waals surface area contributed by atoms with Gasteiger partial charge in [-0.05, 0) is 36.8 Å². The zero-order chi connectivity index (χ0) is 17.3. The average molecular weight is 343 g/mol. The Kier molecular flexibility index (Phi) is 4.40. The number of hydrogen-bond donors (Lipinski definition) is 0. The molecule has 0 atom stereocenters. The Morgan fingerprint density at radius 3 is 2.67 bits per heavy atom. The summed E-state index contributed by atoms with van der Waals surface area (Å²) in [6, 6.07) is 12.2. The first-order chi connectivity index (χ1) is 11.5. The van der Waals surface area contributed by atoms with Gasteiger partial charge in [-0.3, -0.25) is 9.59 Å². The third-order valence-electron chi connectivity index (χ3n) is 3.63. The van der Waals surface area contributed by atoms with Gasteiger partial charge in [0.25, 0.3) is 0 Å². The predicted octanol–water partition coefficient (Wildman–Crippen LogP) is 4.74. The third-order valence-corrected chi connectivity index (χ3v) is 3.96. The van der Waals surface area contributed by atoms with Crippen LogP contribution in [0.5, 0.6) is 5.75 Å². The Morgan fingerprint density at radius 2 is 1.96 bits per heavy atom. The van der Waals surface area contributed by atoms with Crippen molar-refractivity contribution in [2.45, 2.75) is 20.3 Å². The van der Waals surface area contributed by atoms with Crippen molar-refractivity contribution in [1.82, 2.24) is 0 Å². The van der Waals surface area contributed by atoms with Crippen molar-refractivity contribution in [3.63, 3.8) is 0 Å². The van der Waals surface area contributed by atoms with E-state index in [0.717, 1.165) is 5.56 Å². The first-order valence-corrected chi connectivity index (χ1v) is 7.92. The van der Waals surface area contributed by atoms with E-state index in [1.54, 1.807) is 49.4 Å². The number of halogens is 1. The maximum atomic E-state index is 12.8. The molecule has 2 aromatic carbocycles. The van der Waals surface area contributed by atoms with Crippen molar-refractivity contribution in [3.05, 3.63) is 63.3 Å². The molecule has 0 radical (unpaired) electrons. The van der Waals surface area contributed by atoms with Crippen LogP contribution in [-0.2, 0) is 4.79 Å². The fraction of sp³-hybridized carbons (Fsp3) is 0.158. The number of aryl methyl sites for hydroxylation is 1. The molecule has 0 aliphatic heterocycles. The highest BCUT2D eigenvalue weighted by molar-refractivity contribution is 6.33. The van der Waals surface area contributed by atoms with Gasteiger partial charge >= 0.3 is 5.97 Å². The molecule has 0 bridgehead atoms. The van der Waals surface area contributed by atoms with E-state index in [1.165, 1.54) is 0 Å². The van der Waals surface area contributed by atoms with Crippen LogP contribution in [0.1, 0.15) is 18.9 Å². The summed E-state index contributed by atoms with van der Waals surface area (Å²) in [6.45, 7) is 3.56. The number of ether oxygens (including phenoxy) is 1. The molecule has 3 rings (SSSR count). The molecular formula is C19H15ClO4. The van der Waals surface area contributed by atoms with E-state index in [2.05, 4.69) is 0 Å². The molecule has 0 unspecified atom stereocenters. The lowest BCUT2D eigenvalue weighted by Crippen LogP contribution is -2.15. The van der Waals surface area contributed by atoms with Crippen LogP contribution < -0.4 is 10.2 Å². The lowest BCUT2D eigenvalue weighted by Gasteiger charge is -2.11. The summed E-state index contributed by atoms with van der Waals surface area (Å²) in [4.78, 5) is 24.6. The molecule has 0 N–H and O–H groups in total. The van der Waals surface area contributed by atoms with Gasteiger partial charge in [0.05, 0.1) is 10.4 Å². The number of carbonyl (C=O) groups is 1. The molecule has 0 aliphatic rings. The van der Waals surface area contributed by atoms with Gasteiger partial charge in [-0.25, -0.2) is 0 Å². The molecule has 0 spiro atoms. The minimum atomic E-state index is -0.512. The maximum Gasteiger partial charge on any atom is 0.311 e. The van der Waals surface area contributed by atoms with Gasteiger partial charge in [0.2, 0.25) is 11.2 Å². The van der Waals surface area contributed by atoms with Gasteiger partial charge < -0.3 is 9.15 Å². The van der Waals surface area contributed by atoms with E-state index >= 15 is 0 Å². The Balaban J connectivity index is 2.36. The van der Waals surface area contributed by atoms with Crippen LogP contribution in [-0.4, -0.2) is 5.97 Å². The van der Waals surface area contributed by atoms with Gasteiger partial charge in [0.1, 0.15) is 5.58 Å². The SMILES string of the molecule is CCC(=O)Oc1c(-c2ccccc2Cl)oc2cc(C)ccc2c1=O. The van der Waals surface area contributed by atoms with E-state index in [1.807, 2.05) is 6.92 Å². The number of fused-ring (bicyclic) bond motifs is 1. The predicted molar refractivity (Wildman–Crippen MR) is 93.6 cm³/mol. The Labute approximate surface area is 143 Å². The van der Waals surface area contributed by atoms with Crippen LogP contribution >= 0.6 is 11.6 Å². The Bertz CT molecular complexity index is 988. The van der Waals surface area contributed by atoms with Crippen LogP contribution in [0.3, 0.4) is 0 Å². The third kappa shape index (κ3) is 2.93. The molecule has 0 amide bonds. The highest BCUT2D eigenvalue weighted by Gasteiger charge is 2.21. The first kappa shape index (κ1) is 16.3. The largest absolute Gasteiger partial charge is 0.452 e. The zero-order valence-electron chi connectivity index (χ0n) is 13.3. The summed E-state index contributed by atoms with van der Waals surface area (Å²) in [7, 11) is 0. The molecule has 4 nitrogen and oxygen atoms in total. The molecule has 0 saturated heterocycles.